The number of aromatic nitrogens is 1. The molecule has 1 N–H and O–H groups in total. The number of fused-ring (bicyclic) bond motifs is 3. The second-order valence-corrected chi connectivity index (χ2v) is 9.59. The molecular formula is C31H38N2O. The van der Waals surface area contributed by atoms with Crippen LogP contribution in [0.2, 0.25) is 0 Å². The Morgan fingerprint density at radius 2 is 1.85 bits per heavy atom. The molecule has 1 aromatic heterocycles. The molecule has 1 amide bonds. The summed E-state index contributed by atoms with van der Waals surface area (Å²) in [5, 5.41) is 3.04. The van der Waals surface area contributed by atoms with E-state index in [2.05, 4.69) is 52.8 Å². The minimum atomic E-state index is -0.0481. The van der Waals surface area contributed by atoms with E-state index in [0.717, 1.165) is 35.7 Å². The summed E-state index contributed by atoms with van der Waals surface area (Å²) in [4.78, 5) is 17.3. The quantitative estimate of drug-likeness (QED) is 0.430. The summed E-state index contributed by atoms with van der Waals surface area (Å²) >= 11 is 0. The average Bonchev–Trinajstić information content (AvgIpc) is 2.90. The number of pyridine rings is 1. The van der Waals surface area contributed by atoms with Crippen molar-refractivity contribution in [3.8, 4) is 0 Å². The van der Waals surface area contributed by atoms with Crippen molar-refractivity contribution in [1.29, 1.82) is 0 Å². The molecule has 2 atom stereocenters. The third-order valence-corrected chi connectivity index (χ3v) is 7.83. The minimum absolute atomic E-state index is 0.0481. The Bertz CT molecular complexity index is 1110. The topological polar surface area (TPSA) is 42.0 Å². The van der Waals surface area contributed by atoms with Gasteiger partial charge in [-0.2, -0.15) is 0 Å². The Kier molecular flexibility index (Phi) is 7.82. The molecule has 3 heteroatoms. The standard InChI is InChI=1S/C29H32N2O.C2H6/c1-21-27(11-7-19-30-21)31-28(32)24-13-15-26-23(20-24)12-14-25-10-5-6-17-29(25,26)18-16-22-8-3-2-4-9-22;1-2/h2-4,7-9,11,13,15,19-20,25H,5-6,10,12,14,16-18H2,1H3,(H,31,32);1-2H3/t25?,29-;/m0./s1. The molecule has 0 saturated heterocycles. The van der Waals surface area contributed by atoms with Crippen LogP contribution in [0.3, 0.4) is 0 Å². The molecule has 178 valence electrons. The van der Waals surface area contributed by atoms with Gasteiger partial charge >= 0.3 is 0 Å². The number of nitrogens with zero attached hydrogens (tertiary/aromatic N) is 1. The molecule has 1 fully saturated rings. The van der Waals surface area contributed by atoms with Crippen molar-refractivity contribution in [1.82, 2.24) is 4.98 Å². The van der Waals surface area contributed by atoms with E-state index in [1.54, 1.807) is 6.20 Å². The van der Waals surface area contributed by atoms with Crippen LogP contribution >= 0.6 is 0 Å². The fraction of sp³-hybridized carbons (Fsp3) is 0.419. The van der Waals surface area contributed by atoms with Crippen LogP contribution in [-0.4, -0.2) is 10.9 Å². The maximum absolute atomic E-state index is 13.0. The zero-order valence-corrected chi connectivity index (χ0v) is 20.9. The van der Waals surface area contributed by atoms with Crippen molar-refractivity contribution in [3.63, 3.8) is 0 Å². The van der Waals surface area contributed by atoms with Crippen LogP contribution in [-0.2, 0) is 18.3 Å². The number of amides is 1. The van der Waals surface area contributed by atoms with Crippen LogP contribution in [0.15, 0.2) is 66.9 Å². The lowest BCUT2D eigenvalue weighted by molar-refractivity contribution is 0.102. The molecule has 1 heterocycles. The molecular weight excluding hydrogens is 416 g/mol. The summed E-state index contributed by atoms with van der Waals surface area (Å²) in [5.41, 5.74) is 6.95. The van der Waals surface area contributed by atoms with Crippen LogP contribution in [0.1, 0.15) is 85.1 Å². The number of carbonyl (C=O) groups excluding carboxylic acids is 1. The van der Waals surface area contributed by atoms with E-state index in [1.165, 1.54) is 55.2 Å². The van der Waals surface area contributed by atoms with Crippen molar-refractivity contribution < 1.29 is 4.79 Å². The second kappa shape index (κ2) is 11.0. The monoisotopic (exact) mass is 454 g/mol. The first-order chi connectivity index (χ1) is 16.7. The summed E-state index contributed by atoms with van der Waals surface area (Å²) in [6, 6.07) is 21.2. The molecule has 2 aliphatic rings. The van der Waals surface area contributed by atoms with Crippen LogP contribution < -0.4 is 5.32 Å². The molecule has 1 saturated carbocycles. The summed E-state index contributed by atoms with van der Waals surface area (Å²) in [6.45, 7) is 5.92. The van der Waals surface area contributed by atoms with Gasteiger partial charge in [0.15, 0.2) is 0 Å². The van der Waals surface area contributed by atoms with E-state index < -0.39 is 0 Å². The summed E-state index contributed by atoms with van der Waals surface area (Å²) in [6.07, 6.45) is 11.7. The van der Waals surface area contributed by atoms with E-state index in [0.29, 0.717) is 0 Å². The van der Waals surface area contributed by atoms with Gasteiger partial charge in [-0.05, 0) is 97.7 Å². The minimum Gasteiger partial charge on any atom is -0.320 e. The third-order valence-electron chi connectivity index (χ3n) is 7.83. The van der Waals surface area contributed by atoms with Crippen molar-refractivity contribution in [2.45, 2.75) is 77.6 Å². The first-order valence-electron chi connectivity index (χ1n) is 13.1. The molecule has 0 spiro atoms. The van der Waals surface area contributed by atoms with E-state index in [9.17, 15) is 4.79 Å². The largest absolute Gasteiger partial charge is 0.320 e. The highest BCUT2D eigenvalue weighted by atomic mass is 16.1. The van der Waals surface area contributed by atoms with Crippen LogP contribution in [0.25, 0.3) is 0 Å². The molecule has 0 radical (unpaired) electrons. The summed E-state index contributed by atoms with van der Waals surface area (Å²) in [7, 11) is 0. The number of nitrogens with one attached hydrogen (secondary N) is 1. The van der Waals surface area contributed by atoms with Gasteiger partial charge in [-0.25, -0.2) is 0 Å². The smallest absolute Gasteiger partial charge is 0.255 e. The summed E-state index contributed by atoms with van der Waals surface area (Å²) < 4.78 is 0. The number of hydrogen-bond donors (Lipinski definition) is 1. The maximum Gasteiger partial charge on any atom is 0.255 e. The second-order valence-electron chi connectivity index (χ2n) is 9.59. The zero-order valence-electron chi connectivity index (χ0n) is 20.9. The van der Waals surface area contributed by atoms with E-state index in [-0.39, 0.29) is 11.3 Å². The fourth-order valence-corrected chi connectivity index (χ4v) is 6.13. The molecule has 2 aromatic carbocycles. The van der Waals surface area contributed by atoms with Crippen molar-refractivity contribution in [2.24, 2.45) is 5.92 Å². The highest BCUT2D eigenvalue weighted by Crippen LogP contribution is 2.52. The van der Waals surface area contributed by atoms with Crippen LogP contribution in [0.4, 0.5) is 5.69 Å². The van der Waals surface area contributed by atoms with Crippen molar-refractivity contribution >= 4 is 11.6 Å². The molecule has 3 nitrogen and oxygen atoms in total. The predicted octanol–water partition coefficient (Wildman–Crippen LogP) is 7.68. The van der Waals surface area contributed by atoms with Gasteiger partial charge in [0.05, 0.1) is 11.4 Å². The SMILES string of the molecule is CC.Cc1ncccc1NC(=O)c1ccc2c(c1)CCC1CCCC[C@@]21CCc1ccccc1. The third kappa shape index (κ3) is 4.94. The number of anilines is 1. The Morgan fingerprint density at radius 1 is 1.03 bits per heavy atom. The number of carbonyl (C=O) groups is 1. The molecule has 0 aliphatic heterocycles. The average molecular weight is 455 g/mol. The van der Waals surface area contributed by atoms with E-state index in [4.69, 9.17) is 0 Å². The van der Waals surface area contributed by atoms with Crippen molar-refractivity contribution in [3.05, 3.63) is 94.8 Å². The first kappa shape index (κ1) is 24.2. The number of benzene rings is 2. The normalized spacial score (nSPS) is 20.9. The zero-order chi connectivity index (χ0) is 24.0. The first-order valence-corrected chi connectivity index (χ1v) is 13.1. The van der Waals surface area contributed by atoms with Gasteiger partial charge in [0.1, 0.15) is 0 Å². The lowest BCUT2D eigenvalue weighted by Gasteiger charge is -2.49. The van der Waals surface area contributed by atoms with Gasteiger partial charge in [0.2, 0.25) is 0 Å². The van der Waals surface area contributed by atoms with Gasteiger partial charge in [-0.3, -0.25) is 9.78 Å². The maximum atomic E-state index is 13.0. The molecule has 34 heavy (non-hydrogen) atoms. The number of aryl methyl sites for hydroxylation is 3. The Hall–Kier alpha value is -2.94. The fourth-order valence-electron chi connectivity index (χ4n) is 6.13. The summed E-state index contributed by atoms with van der Waals surface area (Å²) in [5.74, 6) is 0.721. The van der Waals surface area contributed by atoms with Gasteiger partial charge in [0, 0.05) is 11.8 Å². The van der Waals surface area contributed by atoms with E-state index >= 15 is 0 Å². The lowest BCUT2D eigenvalue weighted by atomic mass is 9.55. The Morgan fingerprint density at radius 3 is 2.65 bits per heavy atom. The van der Waals surface area contributed by atoms with Gasteiger partial charge in [-0.15, -0.1) is 0 Å². The Balaban J connectivity index is 0.00000133. The molecule has 1 unspecified atom stereocenters. The highest BCUT2D eigenvalue weighted by molar-refractivity contribution is 6.04. The number of rotatable bonds is 5. The van der Waals surface area contributed by atoms with Gasteiger partial charge < -0.3 is 5.32 Å². The molecule has 2 aliphatic carbocycles. The highest BCUT2D eigenvalue weighted by Gasteiger charge is 2.45. The molecule has 5 rings (SSSR count). The van der Waals surface area contributed by atoms with Crippen molar-refractivity contribution in [2.75, 3.05) is 5.32 Å². The Labute approximate surface area is 205 Å². The van der Waals surface area contributed by atoms with E-state index in [1.807, 2.05) is 39.0 Å². The number of hydrogen-bond acceptors (Lipinski definition) is 2. The molecule has 3 aromatic rings. The predicted molar refractivity (Wildman–Crippen MR) is 141 cm³/mol. The van der Waals surface area contributed by atoms with Crippen LogP contribution in [0, 0.1) is 12.8 Å². The lowest BCUT2D eigenvalue weighted by Crippen LogP contribution is -2.42. The van der Waals surface area contributed by atoms with Crippen LogP contribution in [0.5, 0.6) is 0 Å². The molecule has 0 bridgehead atoms. The van der Waals surface area contributed by atoms with Gasteiger partial charge in [-0.1, -0.05) is 63.1 Å². The van der Waals surface area contributed by atoms with Gasteiger partial charge in [0.25, 0.3) is 5.91 Å².